The molecule has 5 rings (SSSR count). The van der Waals surface area contributed by atoms with Crippen LogP contribution in [0.4, 0.5) is 0 Å². The van der Waals surface area contributed by atoms with Crippen LogP contribution >= 0.6 is 0 Å². The van der Waals surface area contributed by atoms with Gasteiger partial charge in [-0.2, -0.15) is 0 Å². The minimum Gasteiger partial charge on any atom is -0.395 e. The fraction of sp³-hybridized carbons (Fsp3) is 0.400. The zero-order valence-electron chi connectivity index (χ0n) is 18.1. The van der Waals surface area contributed by atoms with E-state index in [-0.39, 0.29) is 24.0 Å². The van der Waals surface area contributed by atoms with E-state index in [1.165, 1.54) is 0 Å². The first kappa shape index (κ1) is 20.8. The van der Waals surface area contributed by atoms with Gasteiger partial charge in [0.15, 0.2) is 5.78 Å². The minimum atomic E-state index is -0.301. The smallest absolute Gasteiger partial charge is 0.269 e. The van der Waals surface area contributed by atoms with Gasteiger partial charge < -0.3 is 19.7 Å². The number of rotatable bonds is 8. The summed E-state index contributed by atoms with van der Waals surface area (Å²) in [6.45, 7) is 2.12. The predicted molar refractivity (Wildman–Crippen MR) is 120 cm³/mol. The number of hydrogen-bond donors (Lipinski definition) is 2. The van der Waals surface area contributed by atoms with Crippen molar-refractivity contribution in [3.8, 4) is 0 Å². The maximum Gasteiger partial charge on any atom is 0.269 e. The Bertz CT molecular complexity index is 1180. The van der Waals surface area contributed by atoms with E-state index in [1.54, 1.807) is 13.1 Å². The van der Waals surface area contributed by atoms with Crippen LogP contribution in [-0.4, -0.2) is 53.2 Å². The highest BCUT2D eigenvalue weighted by Gasteiger charge is 2.54. The lowest BCUT2D eigenvalue weighted by Crippen LogP contribution is -2.21. The molecule has 0 radical (unpaired) electrons. The maximum absolute atomic E-state index is 13.1. The molecule has 0 spiro atoms. The van der Waals surface area contributed by atoms with Crippen LogP contribution in [0.1, 0.15) is 38.5 Å². The molecule has 1 unspecified atom stereocenters. The number of aliphatic hydroxyl groups excluding tert-OH is 1. The molecule has 32 heavy (non-hydrogen) atoms. The largest absolute Gasteiger partial charge is 0.395 e. The third-order valence-electron chi connectivity index (χ3n) is 6.83. The second-order valence-corrected chi connectivity index (χ2v) is 8.73. The molecule has 1 saturated heterocycles. The molecule has 1 aliphatic heterocycles. The number of aliphatic hydroxyl groups is 1. The Balaban J connectivity index is 1.44. The highest BCUT2D eigenvalue weighted by molar-refractivity contribution is 6.00. The van der Waals surface area contributed by atoms with E-state index in [2.05, 4.69) is 10.3 Å². The van der Waals surface area contributed by atoms with Crippen molar-refractivity contribution in [3.05, 3.63) is 65.1 Å². The van der Waals surface area contributed by atoms with Crippen molar-refractivity contribution >= 4 is 22.6 Å². The fourth-order valence-corrected chi connectivity index (χ4v) is 5.02. The van der Waals surface area contributed by atoms with Crippen LogP contribution in [0.3, 0.4) is 0 Å². The number of hydrogen-bond acceptors (Lipinski definition) is 5. The molecule has 1 aliphatic carbocycles. The number of carbonyl (C=O) groups is 2. The second-order valence-electron chi connectivity index (χ2n) is 8.73. The summed E-state index contributed by atoms with van der Waals surface area (Å²) in [6, 6.07) is 11.5. The predicted octanol–water partition coefficient (Wildman–Crippen LogP) is 2.44. The number of ketones is 1. The van der Waals surface area contributed by atoms with Gasteiger partial charge in [-0.25, -0.2) is 4.98 Å². The van der Waals surface area contributed by atoms with Crippen molar-refractivity contribution in [2.45, 2.75) is 19.4 Å². The number of ether oxygens (including phenoxy) is 1. The average Bonchev–Trinajstić information content (AvgIpc) is 3.15. The molecule has 2 fully saturated rings. The number of nitrogens with zero attached hydrogens (tertiary/aromatic N) is 2. The van der Waals surface area contributed by atoms with Crippen molar-refractivity contribution < 1.29 is 19.4 Å². The SMILES string of the molecule is CNC(=O)c1cc(C(=O)CC2[C@H]3COC[C@@H]23)cc(Cc2cccc3c2ccn3CCO)n1. The molecule has 1 aromatic carbocycles. The first-order chi connectivity index (χ1) is 15.6. The quantitative estimate of drug-likeness (QED) is 0.532. The summed E-state index contributed by atoms with van der Waals surface area (Å²) in [5.41, 5.74) is 3.60. The van der Waals surface area contributed by atoms with Crippen LogP contribution in [0.25, 0.3) is 10.9 Å². The molecule has 2 N–H and O–H groups in total. The summed E-state index contributed by atoms with van der Waals surface area (Å²) in [7, 11) is 1.56. The van der Waals surface area contributed by atoms with E-state index in [0.717, 1.165) is 29.7 Å². The van der Waals surface area contributed by atoms with Gasteiger partial charge >= 0.3 is 0 Å². The molecule has 7 heteroatoms. The zero-order chi connectivity index (χ0) is 22.2. The van der Waals surface area contributed by atoms with E-state index < -0.39 is 0 Å². The minimum absolute atomic E-state index is 0.0607. The normalized spacial score (nSPS) is 21.5. The standard InChI is InChI=1S/C25H27N3O4/c1-26-25(31)22-11-16(24(30)12-19-20-13-32-14-21(19)20)10-17(27-22)9-15-3-2-4-23-18(15)5-6-28(23)7-8-29/h2-6,10-11,19-21,29H,7-9,12-14H2,1H3,(H,26,31)/t19?,20-,21+. The topological polar surface area (TPSA) is 93.5 Å². The van der Waals surface area contributed by atoms with Crippen molar-refractivity contribution in [2.24, 2.45) is 17.8 Å². The molecule has 0 bridgehead atoms. The second kappa shape index (κ2) is 8.48. The number of Topliss-reactive ketones (excluding diaryl/α,β-unsaturated/α-hetero) is 1. The Hall–Kier alpha value is -3.03. The van der Waals surface area contributed by atoms with E-state index in [4.69, 9.17) is 4.74 Å². The first-order valence-corrected chi connectivity index (χ1v) is 11.1. The Labute approximate surface area is 186 Å². The number of carbonyl (C=O) groups excluding carboxylic acids is 2. The highest BCUT2D eigenvalue weighted by Crippen LogP contribution is 2.52. The number of amides is 1. The van der Waals surface area contributed by atoms with E-state index in [9.17, 15) is 14.7 Å². The number of fused-ring (bicyclic) bond motifs is 2. The Morgan fingerprint density at radius 1 is 1.22 bits per heavy atom. The summed E-state index contributed by atoms with van der Waals surface area (Å²) in [6.07, 6.45) is 2.97. The monoisotopic (exact) mass is 433 g/mol. The molecule has 166 valence electrons. The number of nitrogens with one attached hydrogen (secondary N) is 1. The van der Waals surface area contributed by atoms with Crippen molar-refractivity contribution in [2.75, 3.05) is 26.9 Å². The lowest BCUT2D eigenvalue weighted by molar-refractivity contribution is 0.0950. The Kier molecular flexibility index (Phi) is 5.53. The van der Waals surface area contributed by atoms with Crippen molar-refractivity contribution in [3.63, 3.8) is 0 Å². The van der Waals surface area contributed by atoms with Crippen molar-refractivity contribution in [1.29, 1.82) is 0 Å². The Morgan fingerprint density at radius 3 is 2.78 bits per heavy atom. The van der Waals surface area contributed by atoms with Crippen LogP contribution in [0.5, 0.6) is 0 Å². The van der Waals surface area contributed by atoms with Gasteiger partial charge in [-0.1, -0.05) is 12.1 Å². The summed E-state index contributed by atoms with van der Waals surface area (Å²) in [4.78, 5) is 30.0. The number of pyridine rings is 1. The first-order valence-electron chi connectivity index (χ1n) is 11.1. The fourth-order valence-electron chi connectivity index (χ4n) is 5.02. The molecule has 3 aromatic rings. The van der Waals surface area contributed by atoms with E-state index in [0.29, 0.717) is 48.4 Å². The molecule has 1 amide bonds. The van der Waals surface area contributed by atoms with Gasteiger partial charge in [0.1, 0.15) is 5.69 Å². The highest BCUT2D eigenvalue weighted by atomic mass is 16.5. The van der Waals surface area contributed by atoms with Crippen LogP contribution in [0.2, 0.25) is 0 Å². The molecular formula is C25H27N3O4. The third kappa shape index (κ3) is 3.82. The zero-order valence-corrected chi connectivity index (χ0v) is 18.1. The molecule has 3 atom stereocenters. The molecule has 7 nitrogen and oxygen atoms in total. The third-order valence-corrected chi connectivity index (χ3v) is 6.83. The van der Waals surface area contributed by atoms with E-state index in [1.807, 2.05) is 41.1 Å². The molecule has 3 heterocycles. The molecule has 2 aliphatic rings. The van der Waals surface area contributed by atoms with Gasteiger partial charge in [0.2, 0.25) is 0 Å². The van der Waals surface area contributed by atoms with Gasteiger partial charge in [-0.15, -0.1) is 0 Å². The molecule has 1 saturated carbocycles. The summed E-state index contributed by atoms with van der Waals surface area (Å²) in [5, 5.41) is 13.0. The molecular weight excluding hydrogens is 406 g/mol. The van der Waals surface area contributed by atoms with Gasteiger partial charge in [-0.05, 0) is 47.6 Å². The molecule has 2 aromatic heterocycles. The Morgan fingerprint density at radius 2 is 2.03 bits per heavy atom. The van der Waals surface area contributed by atoms with E-state index >= 15 is 0 Å². The van der Waals surface area contributed by atoms with Crippen molar-refractivity contribution in [1.82, 2.24) is 14.9 Å². The van der Waals surface area contributed by atoms with Gasteiger partial charge in [0.05, 0.1) is 19.8 Å². The van der Waals surface area contributed by atoms with Crippen LogP contribution < -0.4 is 5.32 Å². The van der Waals surface area contributed by atoms with Gasteiger partial charge in [0, 0.05) is 54.8 Å². The maximum atomic E-state index is 13.1. The summed E-state index contributed by atoms with van der Waals surface area (Å²) in [5.74, 6) is 1.19. The number of benzene rings is 1. The van der Waals surface area contributed by atoms with Crippen LogP contribution in [0, 0.1) is 17.8 Å². The van der Waals surface area contributed by atoms with Crippen LogP contribution in [-0.2, 0) is 17.7 Å². The summed E-state index contributed by atoms with van der Waals surface area (Å²) < 4.78 is 7.45. The lowest BCUT2D eigenvalue weighted by atomic mass is 9.99. The lowest BCUT2D eigenvalue weighted by Gasteiger charge is -2.10. The van der Waals surface area contributed by atoms with Crippen LogP contribution in [0.15, 0.2) is 42.6 Å². The summed E-state index contributed by atoms with van der Waals surface area (Å²) >= 11 is 0. The van der Waals surface area contributed by atoms with Gasteiger partial charge in [-0.3, -0.25) is 9.59 Å². The number of aromatic nitrogens is 2. The average molecular weight is 434 g/mol. The van der Waals surface area contributed by atoms with Gasteiger partial charge in [0.25, 0.3) is 5.91 Å².